The van der Waals surface area contributed by atoms with Crippen molar-refractivity contribution >= 4 is 5.84 Å². The van der Waals surface area contributed by atoms with Gasteiger partial charge in [-0.05, 0) is 6.08 Å². The fourth-order valence-electron chi connectivity index (χ4n) is 0.696. The molecule has 0 unspecified atom stereocenters. The summed E-state index contributed by atoms with van der Waals surface area (Å²) < 4.78 is 0. The van der Waals surface area contributed by atoms with Gasteiger partial charge in [-0.15, -0.1) is 12.6 Å². The molecule has 0 saturated heterocycles. The molecule has 1 N–H and O–H groups in total. The van der Waals surface area contributed by atoms with Crippen LogP contribution in [0.1, 0.15) is 6.92 Å². The fraction of sp³-hybridized carbons (Fsp3) is 0.375. The zero-order valence-corrected chi connectivity index (χ0v) is 11.1. The minimum Gasteiger partial charge on any atom is -0.414 e. The molecule has 0 saturated carbocycles. The van der Waals surface area contributed by atoms with Crippen molar-refractivity contribution in [2.24, 2.45) is 0 Å². The van der Waals surface area contributed by atoms with E-state index in [-0.39, 0.29) is 37.2 Å². The van der Waals surface area contributed by atoms with Gasteiger partial charge in [-0.1, -0.05) is 13.5 Å². The van der Waals surface area contributed by atoms with Gasteiger partial charge in [0.15, 0.2) is 0 Å². The van der Waals surface area contributed by atoms with Gasteiger partial charge in [-0.25, -0.2) is 0 Å². The molecule has 1 atom stereocenters. The molecule has 0 heterocycles. The Hall–Kier alpha value is 0.262. The van der Waals surface area contributed by atoms with Gasteiger partial charge >= 0.3 is 31.1 Å². The summed E-state index contributed by atoms with van der Waals surface area (Å²) in [6.07, 6.45) is 1.49. The third kappa shape index (κ3) is 4.66. The molecule has 11 heavy (non-hydrogen) atoms. The Morgan fingerprint density at radius 3 is 2.36 bits per heavy atom. The summed E-state index contributed by atoms with van der Waals surface area (Å²) in [5, 5.41) is 7.35. The van der Waals surface area contributed by atoms with Crippen molar-refractivity contribution < 1.29 is 31.1 Å². The molecule has 0 spiro atoms. The van der Waals surface area contributed by atoms with Gasteiger partial charge in [-0.3, -0.25) is 5.41 Å². The van der Waals surface area contributed by atoms with Crippen LogP contribution in [0.5, 0.6) is 0 Å². The van der Waals surface area contributed by atoms with Crippen LogP contribution in [0.3, 0.4) is 0 Å². The first-order valence-corrected chi connectivity index (χ1v) is 3.23. The largest absolute Gasteiger partial charge is 2.00 e. The first-order valence-electron chi connectivity index (χ1n) is 3.23. The van der Waals surface area contributed by atoms with E-state index in [1.807, 2.05) is 6.92 Å². The van der Waals surface area contributed by atoms with Crippen molar-refractivity contribution in [1.29, 1.82) is 5.41 Å². The van der Waals surface area contributed by atoms with Crippen LogP contribution in [-0.4, -0.2) is 23.3 Å². The second kappa shape index (κ2) is 6.94. The summed E-state index contributed by atoms with van der Waals surface area (Å²) in [7, 11) is 0. The zero-order chi connectivity index (χ0) is 8.15. The number of rotatable bonds is 3. The molecule has 0 amide bonds. The van der Waals surface area contributed by atoms with Crippen LogP contribution in [0.4, 0.5) is 0 Å². The van der Waals surface area contributed by atoms with Gasteiger partial charge in [-0.2, -0.15) is 0 Å². The Morgan fingerprint density at radius 1 is 1.82 bits per heavy atom. The van der Waals surface area contributed by atoms with Gasteiger partial charge < -0.3 is 18.7 Å². The smallest absolute Gasteiger partial charge is 0.414 e. The van der Waals surface area contributed by atoms with E-state index in [4.69, 9.17) is 5.41 Å². The molecule has 2 nitrogen and oxygen atoms in total. The Bertz CT molecular complexity index is 132. The SMILES string of the molecule is C=CC(=N)N(C[CH2-])[C@@H]([CH2-])C.[U+2]. The van der Waals surface area contributed by atoms with Gasteiger partial charge in [0.05, 0.1) is 0 Å². The molecular formula is C8H14N2U. The Balaban J connectivity index is 0. The average Bonchev–Trinajstić information content (AvgIpc) is 1.88. The number of nitrogens with one attached hydrogen (secondary N) is 1. The molecule has 0 fully saturated rings. The molecule has 0 aliphatic heterocycles. The monoisotopic (exact) mass is 376 g/mol. The summed E-state index contributed by atoms with van der Waals surface area (Å²) in [5.41, 5.74) is 0. The van der Waals surface area contributed by atoms with E-state index in [0.717, 1.165) is 0 Å². The number of hydrogen-bond donors (Lipinski definition) is 1. The summed E-state index contributed by atoms with van der Waals surface area (Å²) in [6, 6.07) is 0.0861. The number of nitrogens with zero attached hydrogens (tertiary/aromatic N) is 1. The van der Waals surface area contributed by atoms with E-state index in [9.17, 15) is 0 Å². The van der Waals surface area contributed by atoms with Crippen molar-refractivity contribution in [2.45, 2.75) is 13.0 Å². The second-order valence-electron chi connectivity index (χ2n) is 2.13. The van der Waals surface area contributed by atoms with Gasteiger partial charge in [0.25, 0.3) is 0 Å². The predicted octanol–water partition coefficient (Wildman–Crippen LogP) is 1.51. The van der Waals surface area contributed by atoms with Crippen LogP contribution in [0.2, 0.25) is 0 Å². The summed E-state index contributed by atoms with van der Waals surface area (Å²) in [4.78, 5) is 1.76. The molecule has 0 aliphatic rings. The third-order valence-corrected chi connectivity index (χ3v) is 1.28. The van der Waals surface area contributed by atoms with Crippen LogP contribution < -0.4 is 0 Å². The molecule has 0 aliphatic carbocycles. The molecule has 0 rings (SSSR count). The fourth-order valence-corrected chi connectivity index (χ4v) is 0.696. The number of hydrogen-bond acceptors (Lipinski definition) is 1. The van der Waals surface area contributed by atoms with E-state index < -0.39 is 0 Å². The molecule has 60 valence electrons. The van der Waals surface area contributed by atoms with E-state index in [1.54, 1.807) is 4.90 Å². The summed E-state index contributed by atoms with van der Waals surface area (Å²) in [6.45, 7) is 13.4. The standard InChI is InChI=1S/C8H14N2.U/c1-5-8(9)10(6-2)7(3)4;/h5,7,9H,1-3,6H2,4H3;/q-2;+2/t7-;/m0./s1. The quantitative estimate of drug-likeness (QED) is 0.451. The van der Waals surface area contributed by atoms with Crippen LogP contribution >= 0.6 is 0 Å². The average molecular weight is 376 g/mol. The molecule has 0 bridgehead atoms. The summed E-state index contributed by atoms with van der Waals surface area (Å²) >= 11 is 0. The van der Waals surface area contributed by atoms with Crippen LogP contribution in [0.15, 0.2) is 12.7 Å². The predicted molar refractivity (Wildman–Crippen MR) is 44.8 cm³/mol. The molecular weight excluding hydrogens is 362 g/mol. The summed E-state index contributed by atoms with van der Waals surface area (Å²) in [5.74, 6) is 0.387. The zero-order valence-electron chi connectivity index (χ0n) is 6.93. The van der Waals surface area contributed by atoms with E-state index in [0.29, 0.717) is 12.4 Å². The minimum atomic E-state index is 0. The molecule has 0 radical (unpaired) electrons. The molecule has 3 heteroatoms. The van der Waals surface area contributed by atoms with E-state index in [1.165, 1.54) is 6.08 Å². The van der Waals surface area contributed by atoms with E-state index in [2.05, 4.69) is 20.4 Å². The Labute approximate surface area is 92.9 Å². The van der Waals surface area contributed by atoms with Gasteiger partial charge in [0.2, 0.25) is 0 Å². The maximum atomic E-state index is 7.35. The van der Waals surface area contributed by atoms with Crippen LogP contribution in [0, 0.1) is 50.4 Å². The van der Waals surface area contributed by atoms with Crippen LogP contribution in [0.25, 0.3) is 0 Å². The minimum absolute atomic E-state index is 0. The number of amidine groups is 1. The third-order valence-electron chi connectivity index (χ3n) is 1.28. The van der Waals surface area contributed by atoms with Crippen molar-refractivity contribution in [2.75, 3.05) is 6.54 Å². The van der Waals surface area contributed by atoms with Gasteiger partial charge in [0, 0.05) is 0 Å². The normalized spacial score (nSPS) is 11.2. The second-order valence-corrected chi connectivity index (χ2v) is 2.13. The molecule has 0 aromatic carbocycles. The first kappa shape index (κ1) is 13.8. The topological polar surface area (TPSA) is 27.1 Å². The van der Waals surface area contributed by atoms with Crippen molar-refractivity contribution in [3.63, 3.8) is 0 Å². The maximum Gasteiger partial charge on any atom is 2.00 e. The Morgan fingerprint density at radius 2 is 2.27 bits per heavy atom. The molecule has 0 aromatic rings. The van der Waals surface area contributed by atoms with E-state index >= 15 is 0 Å². The molecule has 0 aromatic heterocycles. The van der Waals surface area contributed by atoms with Crippen molar-refractivity contribution in [3.05, 3.63) is 26.5 Å². The first-order chi connectivity index (χ1) is 4.63. The van der Waals surface area contributed by atoms with Crippen molar-refractivity contribution in [1.82, 2.24) is 4.90 Å². The van der Waals surface area contributed by atoms with Crippen LogP contribution in [-0.2, 0) is 0 Å². The van der Waals surface area contributed by atoms with Crippen molar-refractivity contribution in [3.8, 4) is 0 Å². The Kier molecular flexibility index (Phi) is 8.72. The maximum absolute atomic E-state index is 7.35. The van der Waals surface area contributed by atoms with Gasteiger partial charge in [0.1, 0.15) is 5.84 Å².